The van der Waals surface area contributed by atoms with E-state index in [1.165, 1.54) is 0 Å². The summed E-state index contributed by atoms with van der Waals surface area (Å²) < 4.78 is 16.1. The van der Waals surface area contributed by atoms with Crippen molar-refractivity contribution in [2.75, 3.05) is 27.9 Å². The fourth-order valence-corrected chi connectivity index (χ4v) is 3.15. The van der Waals surface area contributed by atoms with Crippen LogP contribution in [0.15, 0.2) is 47.6 Å². The minimum Gasteiger partial charge on any atom is -0.493 e. The number of rotatable bonds is 6. The zero-order valence-corrected chi connectivity index (χ0v) is 15.0. The van der Waals surface area contributed by atoms with Crippen molar-refractivity contribution in [1.82, 2.24) is 10.6 Å². The van der Waals surface area contributed by atoms with Crippen LogP contribution in [0.3, 0.4) is 0 Å². The topological polar surface area (TPSA) is 84.3 Å². The number of methoxy groups -OCH3 is 3. The number of oxime groups is 1. The third kappa shape index (κ3) is 3.44. The van der Waals surface area contributed by atoms with E-state index < -0.39 is 0 Å². The highest BCUT2D eigenvalue weighted by Crippen LogP contribution is 2.38. The smallest absolute Gasteiger partial charge is 0.203 e. The van der Waals surface area contributed by atoms with Crippen molar-refractivity contribution in [2.24, 2.45) is 5.16 Å². The van der Waals surface area contributed by atoms with Gasteiger partial charge in [-0.1, -0.05) is 35.5 Å². The van der Waals surface area contributed by atoms with Gasteiger partial charge in [-0.15, -0.1) is 0 Å². The number of benzene rings is 2. The largest absolute Gasteiger partial charge is 0.493 e. The maximum Gasteiger partial charge on any atom is 0.203 e. The molecular weight excluding hydrogens is 334 g/mol. The van der Waals surface area contributed by atoms with Crippen LogP contribution in [0, 0.1) is 0 Å². The molecule has 1 fully saturated rings. The van der Waals surface area contributed by atoms with E-state index in [-0.39, 0.29) is 12.2 Å². The van der Waals surface area contributed by atoms with Gasteiger partial charge in [0, 0.05) is 12.1 Å². The van der Waals surface area contributed by atoms with Crippen LogP contribution < -0.4 is 24.8 Å². The second kappa shape index (κ2) is 8.07. The van der Waals surface area contributed by atoms with Crippen molar-refractivity contribution in [1.29, 1.82) is 0 Å². The van der Waals surface area contributed by atoms with Crippen LogP contribution in [-0.2, 0) is 0 Å². The molecule has 0 saturated carbocycles. The zero-order chi connectivity index (χ0) is 18.5. The molecule has 0 amide bonds. The van der Waals surface area contributed by atoms with Crippen LogP contribution in [-0.4, -0.2) is 44.8 Å². The van der Waals surface area contributed by atoms with Gasteiger partial charge in [-0.25, -0.2) is 0 Å². The highest BCUT2D eigenvalue weighted by Gasteiger charge is 2.30. The molecule has 26 heavy (non-hydrogen) atoms. The third-order valence-electron chi connectivity index (χ3n) is 4.43. The summed E-state index contributed by atoms with van der Waals surface area (Å²) in [6.45, 7) is 0.621. The molecule has 0 spiro atoms. The minimum absolute atomic E-state index is 0.0139. The lowest BCUT2D eigenvalue weighted by atomic mass is 10.0. The van der Waals surface area contributed by atoms with Gasteiger partial charge in [0.2, 0.25) is 5.75 Å². The number of hydrogen-bond acceptors (Lipinski definition) is 7. The summed E-state index contributed by atoms with van der Waals surface area (Å²) in [5.74, 6) is 1.51. The molecule has 7 nitrogen and oxygen atoms in total. The van der Waals surface area contributed by atoms with Gasteiger partial charge >= 0.3 is 0 Å². The van der Waals surface area contributed by atoms with E-state index in [9.17, 15) is 5.21 Å². The van der Waals surface area contributed by atoms with E-state index in [4.69, 9.17) is 14.2 Å². The highest BCUT2D eigenvalue weighted by atomic mass is 16.5. The molecule has 2 unspecified atom stereocenters. The molecule has 1 aliphatic heterocycles. The number of nitrogens with zero attached hydrogens (tertiary/aromatic N) is 1. The summed E-state index contributed by atoms with van der Waals surface area (Å²) in [4.78, 5) is 0. The van der Waals surface area contributed by atoms with Crippen LogP contribution in [0.5, 0.6) is 17.2 Å². The van der Waals surface area contributed by atoms with Gasteiger partial charge in [0.15, 0.2) is 11.5 Å². The van der Waals surface area contributed by atoms with Crippen LogP contribution in [0.2, 0.25) is 0 Å². The maximum atomic E-state index is 9.66. The molecule has 7 heteroatoms. The van der Waals surface area contributed by atoms with E-state index in [1.54, 1.807) is 33.5 Å². The Morgan fingerprint density at radius 3 is 2.23 bits per heavy atom. The van der Waals surface area contributed by atoms with Gasteiger partial charge in [0.1, 0.15) is 5.71 Å². The molecule has 1 aliphatic rings. The summed E-state index contributed by atoms with van der Waals surface area (Å²) in [6, 6.07) is 13.4. The first-order valence-corrected chi connectivity index (χ1v) is 8.28. The Morgan fingerprint density at radius 1 is 1.04 bits per heavy atom. The monoisotopic (exact) mass is 357 g/mol. The molecule has 1 heterocycles. The fraction of sp³-hybridized carbons (Fsp3) is 0.316. The standard InChI is InChI=1S/C19H23N3O4/c1-24-15-9-13(10-16(25-2)18(15)26-3)17(22-23)14-11-20-19(21-14)12-7-5-4-6-8-12/h4-10,14,19-21,23H,11H2,1-3H3/b22-17-. The first-order valence-electron chi connectivity index (χ1n) is 8.28. The Balaban J connectivity index is 1.88. The Morgan fingerprint density at radius 2 is 1.69 bits per heavy atom. The summed E-state index contributed by atoms with van der Waals surface area (Å²) >= 11 is 0. The Bertz CT molecular complexity index is 755. The summed E-state index contributed by atoms with van der Waals surface area (Å²) in [6.07, 6.45) is -0.0139. The summed E-state index contributed by atoms with van der Waals surface area (Å²) in [5.41, 5.74) is 2.31. The lowest BCUT2D eigenvalue weighted by Gasteiger charge is -2.18. The second-order valence-corrected chi connectivity index (χ2v) is 5.87. The lowest BCUT2D eigenvalue weighted by Crippen LogP contribution is -2.35. The van der Waals surface area contributed by atoms with Gasteiger partial charge < -0.3 is 19.4 Å². The van der Waals surface area contributed by atoms with Crippen molar-refractivity contribution in [3.8, 4) is 17.2 Å². The Kier molecular flexibility index (Phi) is 5.60. The molecule has 3 N–H and O–H groups in total. The zero-order valence-electron chi connectivity index (χ0n) is 15.0. The van der Waals surface area contributed by atoms with Gasteiger partial charge in [-0.2, -0.15) is 0 Å². The van der Waals surface area contributed by atoms with Crippen molar-refractivity contribution in [2.45, 2.75) is 12.2 Å². The molecule has 2 aromatic rings. The van der Waals surface area contributed by atoms with Crippen molar-refractivity contribution >= 4 is 5.71 Å². The Labute approximate surface area is 152 Å². The SMILES string of the molecule is COc1cc(/C(=N/O)C2CNC(c3ccccc3)N2)cc(OC)c1OC. The van der Waals surface area contributed by atoms with Crippen LogP contribution in [0.4, 0.5) is 0 Å². The molecule has 0 bridgehead atoms. The van der Waals surface area contributed by atoms with E-state index in [0.717, 1.165) is 5.56 Å². The Hall–Kier alpha value is -2.77. The number of hydrogen-bond donors (Lipinski definition) is 3. The molecule has 2 atom stereocenters. The van der Waals surface area contributed by atoms with Gasteiger partial charge in [-0.05, 0) is 17.7 Å². The fourth-order valence-electron chi connectivity index (χ4n) is 3.15. The minimum atomic E-state index is -0.173. The molecule has 2 aromatic carbocycles. The van der Waals surface area contributed by atoms with Crippen molar-refractivity contribution in [3.63, 3.8) is 0 Å². The predicted octanol–water partition coefficient (Wildman–Crippen LogP) is 2.15. The molecule has 138 valence electrons. The maximum absolute atomic E-state index is 9.66. The summed E-state index contributed by atoms with van der Waals surface area (Å²) in [5, 5.41) is 20.0. The molecule has 0 radical (unpaired) electrons. The van der Waals surface area contributed by atoms with E-state index in [0.29, 0.717) is 35.1 Å². The average molecular weight is 357 g/mol. The van der Waals surface area contributed by atoms with Crippen LogP contribution >= 0.6 is 0 Å². The number of ether oxygens (including phenoxy) is 3. The quantitative estimate of drug-likeness (QED) is 0.417. The molecule has 3 rings (SSSR count). The van der Waals surface area contributed by atoms with Crippen LogP contribution in [0.25, 0.3) is 0 Å². The predicted molar refractivity (Wildman–Crippen MR) is 98.5 cm³/mol. The molecule has 0 aliphatic carbocycles. The van der Waals surface area contributed by atoms with E-state index in [2.05, 4.69) is 15.8 Å². The van der Waals surface area contributed by atoms with E-state index >= 15 is 0 Å². The summed E-state index contributed by atoms with van der Waals surface area (Å²) in [7, 11) is 4.66. The normalized spacial score (nSPS) is 20.0. The highest BCUT2D eigenvalue weighted by molar-refractivity contribution is 6.05. The van der Waals surface area contributed by atoms with Crippen molar-refractivity contribution < 1.29 is 19.4 Å². The van der Waals surface area contributed by atoms with Gasteiger partial charge in [0.05, 0.1) is 33.5 Å². The second-order valence-electron chi connectivity index (χ2n) is 5.87. The lowest BCUT2D eigenvalue weighted by molar-refractivity contribution is 0.315. The van der Waals surface area contributed by atoms with Crippen LogP contribution in [0.1, 0.15) is 17.3 Å². The first-order chi connectivity index (χ1) is 12.7. The number of nitrogens with one attached hydrogen (secondary N) is 2. The first kappa shape index (κ1) is 18.0. The average Bonchev–Trinajstić information content (AvgIpc) is 3.18. The molecule has 0 aromatic heterocycles. The van der Waals surface area contributed by atoms with Gasteiger partial charge in [-0.3, -0.25) is 10.6 Å². The molecule has 1 saturated heterocycles. The van der Waals surface area contributed by atoms with Crippen molar-refractivity contribution in [3.05, 3.63) is 53.6 Å². The van der Waals surface area contributed by atoms with E-state index in [1.807, 2.05) is 30.3 Å². The third-order valence-corrected chi connectivity index (χ3v) is 4.43. The van der Waals surface area contributed by atoms with Gasteiger partial charge in [0.25, 0.3) is 0 Å². The molecular formula is C19H23N3O4.